The van der Waals surface area contributed by atoms with Crippen LogP contribution in [-0.4, -0.2) is 48.1 Å². The molecule has 1 saturated heterocycles. The fourth-order valence-corrected chi connectivity index (χ4v) is 3.54. The summed E-state index contributed by atoms with van der Waals surface area (Å²) in [4.78, 5) is 18.1. The third-order valence-electron chi connectivity index (χ3n) is 4.29. The van der Waals surface area contributed by atoms with Crippen LogP contribution in [0.25, 0.3) is 0 Å². The van der Waals surface area contributed by atoms with Crippen LogP contribution in [0.3, 0.4) is 0 Å². The number of hydrogen-bond donors (Lipinski definition) is 0. The van der Waals surface area contributed by atoms with Gasteiger partial charge in [-0.05, 0) is 48.2 Å². The molecule has 0 aliphatic carbocycles. The normalized spacial score (nSPS) is 15.5. The van der Waals surface area contributed by atoms with Crippen molar-refractivity contribution in [3.8, 4) is 0 Å². The van der Waals surface area contributed by atoms with E-state index in [-0.39, 0.29) is 5.91 Å². The number of thioether (sulfide) groups is 1. The van der Waals surface area contributed by atoms with Gasteiger partial charge in [0.15, 0.2) is 0 Å². The van der Waals surface area contributed by atoms with Crippen LogP contribution < -0.4 is 0 Å². The molecule has 2 aromatic carbocycles. The summed E-state index contributed by atoms with van der Waals surface area (Å²) in [7, 11) is 0. The van der Waals surface area contributed by atoms with Crippen molar-refractivity contribution in [1.82, 2.24) is 9.80 Å². The minimum atomic E-state index is 0.130. The van der Waals surface area contributed by atoms with Crippen LogP contribution in [0.2, 0.25) is 5.02 Å². The fraction of sp³-hybridized carbons (Fsp3) is 0.316. The van der Waals surface area contributed by atoms with Gasteiger partial charge in [-0.1, -0.05) is 23.7 Å². The van der Waals surface area contributed by atoms with Crippen LogP contribution >= 0.6 is 23.4 Å². The number of halogens is 1. The first-order valence-corrected chi connectivity index (χ1v) is 9.66. The van der Waals surface area contributed by atoms with Gasteiger partial charge in [0.1, 0.15) is 0 Å². The first-order chi connectivity index (χ1) is 11.7. The van der Waals surface area contributed by atoms with Crippen molar-refractivity contribution in [3.05, 3.63) is 64.7 Å². The summed E-state index contributed by atoms with van der Waals surface area (Å²) in [5, 5.41) is 0.773. The lowest BCUT2D eigenvalue weighted by Crippen LogP contribution is -2.48. The minimum Gasteiger partial charge on any atom is -0.336 e. The van der Waals surface area contributed by atoms with E-state index in [1.54, 1.807) is 11.8 Å². The predicted molar refractivity (Wildman–Crippen MR) is 101 cm³/mol. The van der Waals surface area contributed by atoms with Gasteiger partial charge >= 0.3 is 0 Å². The number of rotatable bonds is 4. The van der Waals surface area contributed by atoms with Crippen LogP contribution in [0.4, 0.5) is 0 Å². The zero-order chi connectivity index (χ0) is 16.9. The lowest BCUT2D eigenvalue weighted by molar-refractivity contribution is 0.0628. The van der Waals surface area contributed by atoms with E-state index in [1.165, 1.54) is 10.5 Å². The monoisotopic (exact) mass is 360 g/mol. The SMILES string of the molecule is CSc1ccc(C(=O)N2CCN(Cc3cccc(Cl)c3)CC2)cc1. The number of carbonyl (C=O) groups excluding carboxylic acids is 1. The van der Waals surface area contributed by atoms with Gasteiger partial charge in [-0.2, -0.15) is 0 Å². The predicted octanol–water partition coefficient (Wildman–Crippen LogP) is 4.02. The van der Waals surface area contributed by atoms with Crippen molar-refractivity contribution in [2.45, 2.75) is 11.4 Å². The second kappa shape index (κ2) is 8.06. The van der Waals surface area contributed by atoms with E-state index < -0.39 is 0 Å². The average Bonchev–Trinajstić information content (AvgIpc) is 2.62. The van der Waals surface area contributed by atoms with Crippen molar-refractivity contribution in [1.29, 1.82) is 0 Å². The Morgan fingerprint density at radius 1 is 1.08 bits per heavy atom. The zero-order valence-electron chi connectivity index (χ0n) is 13.7. The molecule has 5 heteroatoms. The van der Waals surface area contributed by atoms with E-state index in [2.05, 4.69) is 11.0 Å². The Bertz CT molecular complexity index is 697. The quantitative estimate of drug-likeness (QED) is 0.769. The Balaban J connectivity index is 1.55. The first kappa shape index (κ1) is 17.3. The Morgan fingerprint density at radius 2 is 1.79 bits per heavy atom. The number of benzene rings is 2. The maximum Gasteiger partial charge on any atom is 0.253 e. The molecule has 0 bridgehead atoms. The minimum absolute atomic E-state index is 0.130. The van der Waals surface area contributed by atoms with Gasteiger partial charge in [-0.25, -0.2) is 0 Å². The Morgan fingerprint density at radius 3 is 2.42 bits per heavy atom. The molecule has 1 aliphatic rings. The molecule has 24 heavy (non-hydrogen) atoms. The highest BCUT2D eigenvalue weighted by Gasteiger charge is 2.22. The molecule has 0 N–H and O–H groups in total. The number of hydrogen-bond acceptors (Lipinski definition) is 3. The molecule has 1 amide bonds. The van der Waals surface area contributed by atoms with Crippen LogP contribution in [-0.2, 0) is 6.54 Å². The lowest BCUT2D eigenvalue weighted by atomic mass is 10.1. The van der Waals surface area contributed by atoms with Crippen molar-refractivity contribution in [2.75, 3.05) is 32.4 Å². The van der Waals surface area contributed by atoms with Crippen molar-refractivity contribution >= 4 is 29.3 Å². The number of carbonyl (C=O) groups is 1. The highest BCUT2D eigenvalue weighted by Crippen LogP contribution is 2.17. The molecule has 0 atom stereocenters. The summed E-state index contributed by atoms with van der Waals surface area (Å²) >= 11 is 7.73. The lowest BCUT2D eigenvalue weighted by Gasteiger charge is -2.34. The van der Waals surface area contributed by atoms with Crippen LogP contribution in [0.1, 0.15) is 15.9 Å². The van der Waals surface area contributed by atoms with Crippen LogP contribution in [0, 0.1) is 0 Å². The summed E-state index contributed by atoms with van der Waals surface area (Å²) in [6.45, 7) is 4.20. The summed E-state index contributed by atoms with van der Waals surface area (Å²) in [6.07, 6.45) is 2.04. The number of amides is 1. The third-order valence-corrected chi connectivity index (χ3v) is 5.27. The van der Waals surface area contributed by atoms with E-state index >= 15 is 0 Å². The Kier molecular flexibility index (Phi) is 5.82. The second-order valence-electron chi connectivity index (χ2n) is 5.93. The maximum absolute atomic E-state index is 12.6. The molecule has 2 aromatic rings. The van der Waals surface area contributed by atoms with Gasteiger partial charge in [0, 0.05) is 48.2 Å². The van der Waals surface area contributed by atoms with E-state index in [4.69, 9.17) is 11.6 Å². The molecular formula is C19H21ClN2OS. The molecule has 3 rings (SSSR count). The Labute approximate surface area is 152 Å². The van der Waals surface area contributed by atoms with E-state index in [9.17, 15) is 4.79 Å². The molecule has 1 fully saturated rings. The zero-order valence-corrected chi connectivity index (χ0v) is 15.3. The summed E-state index contributed by atoms with van der Waals surface area (Å²) in [5.74, 6) is 0.130. The van der Waals surface area contributed by atoms with E-state index in [1.807, 2.05) is 53.6 Å². The van der Waals surface area contributed by atoms with Gasteiger partial charge < -0.3 is 4.90 Å². The van der Waals surface area contributed by atoms with Crippen molar-refractivity contribution in [3.63, 3.8) is 0 Å². The maximum atomic E-state index is 12.6. The largest absolute Gasteiger partial charge is 0.336 e. The molecule has 0 saturated carbocycles. The standard InChI is InChI=1S/C19H21ClN2OS/c1-24-18-7-5-16(6-8-18)19(23)22-11-9-21(10-12-22)14-15-3-2-4-17(20)13-15/h2-8,13H,9-12,14H2,1H3. The molecule has 0 spiro atoms. The highest BCUT2D eigenvalue weighted by atomic mass is 35.5. The van der Waals surface area contributed by atoms with Gasteiger partial charge in [-0.15, -0.1) is 11.8 Å². The van der Waals surface area contributed by atoms with E-state index in [0.29, 0.717) is 0 Å². The third kappa shape index (κ3) is 4.32. The average molecular weight is 361 g/mol. The summed E-state index contributed by atoms with van der Waals surface area (Å²) in [5.41, 5.74) is 1.99. The number of nitrogens with zero attached hydrogens (tertiary/aromatic N) is 2. The number of piperazine rings is 1. The van der Waals surface area contributed by atoms with E-state index in [0.717, 1.165) is 43.3 Å². The molecule has 0 radical (unpaired) electrons. The van der Waals surface area contributed by atoms with Crippen LogP contribution in [0.5, 0.6) is 0 Å². The molecule has 0 unspecified atom stereocenters. The van der Waals surface area contributed by atoms with Gasteiger partial charge in [-0.3, -0.25) is 9.69 Å². The summed E-state index contributed by atoms with van der Waals surface area (Å²) < 4.78 is 0. The summed E-state index contributed by atoms with van der Waals surface area (Å²) in [6, 6.07) is 15.8. The Hall–Kier alpha value is -1.49. The molecule has 1 heterocycles. The fourth-order valence-electron chi connectivity index (χ4n) is 2.92. The van der Waals surface area contributed by atoms with Crippen molar-refractivity contribution in [2.24, 2.45) is 0 Å². The first-order valence-electron chi connectivity index (χ1n) is 8.06. The highest BCUT2D eigenvalue weighted by molar-refractivity contribution is 7.98. The molecule has 3 nitrogen and oxygen atoms in total. The smallest absolute Gasteiger partial charge is 0.253 e. The molecule has 0 aromatic heterocycles. The van der Waals surface area contributed by atoms with Gasteiger partial charge in [0.25, 0.3) is 5.91 Å². The topological polar surface area (TPSA) is 23.6 Å². The van der Waals surface area contributed by atoms with Crippen LogP contribution in [0.15, 0.2) is 53.4 Å². The van der Waals surface area contributed by atoms with Crippen molar-refractivity contribution < 1.29 is 4.79 Å². The molecule has 1 aliphatic heterocycles. The van der Waals surface area contributed by atoms with Gasteiger partial charge in [0.2, 0.25) is 0 Å². The molecular weight excluding hydrogens is 340 g/mol. The second-order valence-corrected chi connectivity index (χ2v) is 7.24. The molecule has 126 valence electrons. The van der Waals surface area contributed by atoms with Gasteiger partial charge in [0.05, 0.1) is 0 Å².